The van der Waals surface area contributed by atoms with E-state index >= 15 is 0 Å². The first-order valence-electron chi connectivity index (χ1n) is 2.99. The summed E-state index contributed by atoms with van der Waals surface area (Å²) in [6, 6.07) is 0. The SMILES string of the molecule is C[C-]=[W].[CH-]=C[C]([NH-])=[W].[CH2-]CC.[Y]. The summed E-state index contributed by atoms with van der Waals surface area (Å²) < 4.78 is 3.32. The van der Waals surface area contributed by atoms with E-state index in [-0.39, 0.29) is 32.7 Å². The van der Waals surface area contributed by atoms with Gasteiger partial charge in [0.2, 0.25) is 0 Å². The number of rotatable bonds is 1. The van der Waals surface area contributed by atoms with Crippen LogP contribution in [0.15, 0.2) is 6.08 Å². The second kappa shape index (κ2) is 29.3. The Balaban J connectivity index is -0.0000000406. The summed E-state index contributed by atoms with van der Waals surface area (Å²) in [6.45, 7) is 12.3. The van der Waals surface area contributed by atoms with E-state index < -0.39 is 0 Å². The molecule has 69 valence electrons. The molecule has 0 rings (SSSR count). The topological polar surface area (TPSA) is 23.8 Å². The van der Waals surface area contributed by atoms with Crippen molar-refractivity contribution in [3.8, 4) is 0 Å². The standard InChI is InChI=1S/C3H3N.C3H7.C2H3.2W.Y/c1-2-3-4;1-3-2;1-2;;;/h1-2,4H;1,3H2,2H3;1H3;;;/q-2;2*-1;;;. The molecule has 0 atom stereocenters. The van der Waals surface area contributed by atoms with Gasteiger partial charge in [-0.05, 0) is 0 Å². The Morgan fingerprint density at radius 1 is 1.75 bits per heavy atom. The zero-order valence-corrected chi connectivity index (χ0v) is 16.2. The van der Waals surface area contributed by atoms with Gasteiger partial charge < -0.3 is 6.92 Å². The molecule has 0 fully saturated rings. The Hall–Kier alpha value is 1.92. The van der Waals surface area contributed by atoms with Crippen molar-refractivity contribution in [3.05, 3.63) is 25.3 Å². The van der Waals surface area contributed by atoms with E-state index in [9.17, 15) is 0 Å². The van der Waals surface area contributed by atoms with Crippen LogP contribution in [0.3, 0.4) is 0 Å². The van der Waals surface area contributed by atoms with Crippen molar-refractivity contribution in [1.29, 1.82) is 0 Å². The Morgan fingerprint density at radius 2 is 1.83 bits per heavy atom. The molecule has 0 aliphatic carbocycles. The van der Waals surface area contributed by atoms with E-state index in [4.69, 9.17) is 12.3 Å². The van der Waals surface area contributed by atoms with Gasteiger partial charge in [-0.3, -0.25) is 0 Å². The molecule has 0 heterocycles. The number of hydrogen-bond donors (Lipinski definition) is 0. The molecule has 4 heteroatoms. The van der Waals surface area contributed by atoms with Crippen molar-refractivity contribution in [1.82, 2.24) is 0 Å². The van der Waals surface area contributed by atoms with Crippen molar-refractivity contribution in [3.63, 3.8) is 0 Å². The van der Waals surface area contributed by atoms with Crippen LogP contribution < -0.4 is 0 Å². The first kappa shape index (κ1) is 23.6. The molecule has 12 heavy (non-hydrogen) atoms. The maximum Gasteiger partial charge on any atom is 0 e. The molecule has 0 saturated heterocycles. The van der Waals surface area contributed by atoms with Gasteiger partial charge in [-0.15, -0.1) is 0 Å². The van der Waals surface area contributed by atoms with Crippen LogP contribution in [0.4, 0.5) is 0 Å². The summed E-state index contributed by atoms with van der Waals surface area (Å²) in [4.78, 5) is 0. The van der Waals surface area contributed by atoms with Crippen molar-refractivity contribution in [2.24, 2.45) is 0 Å². The average molecular weight is 580 g/mol. The van der Waals surface area contributed by atoms with Gasteiger partial charge in [0.25, 0.3) is 0 Å². The Kier molecular flexibility index (Phi) is 57.6. The summed E-state index contributed by atoms with van der Waals surface area (Å²) in [6.07, 6.45) is 2.29. The first-order chi connectivity index (χ1) is 5.10. The minimum Gasteiger partial charge on any atom is -0.344 e. The number of nitrogens with one attached hydrogen (secondary N) is 1. The quantitative estimate of drug-likeness (QED) is 0.426. The van der Waals surface area contributed by atoms with Gasteiger partial charge in [-0.2, -0.15) is 6.42 Å². The molecule has 1 N–H and O–H groups in total. The summed E-state index contributed by atoms with van der Waals surface area (Å²) in [7, 11) is 0. The second-order valence-corrected chi connectivity index (χ2v) is 4.28. The smallest absolute Gasteiger partial charge is 0 e. The Bertz CT molecular complexity index is 105. The van der Waals surface area contributed by atoms with Gasteiger partial charge in [-0.25, -0.2) is 0 Å². The first-order valence-corrected chi connectivity index (χ1v) is 5.92. The molecule has 0 unspecified atom stereocenters. The summed E-state index contributed by atoms with van der Waals surface area (Å²) in [5, 5.41) is 0. The minimum absolute atomic E-state index is 0. The molecule has 0 spiro atoms. The van der Waals surface area contributed by atoms with E-state index in [1.54, 1.807) is 0 Å². The van der Waals surface area contributed by atoms with Gasteiger partial charge >= 0.3 is 72.4 Å². The van der Waals surface area contributed by atoms with Gasteiger partial charge in [0.1, 0.15) is 0 Å². The fourth-order valence-electron chi connectivity index (χ4n) is 0. The van der Waals surface area contributed by atoms with Gasteiger partial charge in [0.15, 0.2) is 0 Å². The fraction of sp³-hybridized carbons (Fsp3) is 0.375. The zero-order valence-electron chi connectivity index (χ0n) is 7.46. The van der Waals surface area contributed by atoms with Gasteiger partial charge in [0, 0.05) is 32.7 Å². The molecule has 0 aromatic heterocycles. The van der Waals surface area contributed by atoms with E-state index in [0.29, 0.717) is 4.02 Å². The third-order valence-electron chi connectivity index (χ3n) is 0.151. The fourth-order valence-corrected chi connectivity index (χ4v) is 0. The molecule has 0 saturated carbocycles. The normalized spacial score (nSPS) is 5.33. The molecule has 0 aliphatic rings. The minimum atomic E-state index is 0. The van der Waals surface area contributed by atoms with Crippen molar-refractivity contribution in [2.75, 3.05) is 0 Å². The second-order valence-electron chi connectivity index (χ2n) is 1.24. The van der Waals surface area contributed by atoms with Crippen LogP contribution in [-0.4, -0.2) is 8.42 Å². The van der Waals surface area contributed by atoms with Crippen LogP contribution in [-0.2, 0) is 71.4 Å². The van der Waals surface area contributed by atoms with Crippen LogP contribution in [0.1, 0.15) is 20.3 Å². The molecule has 1 nitrogen and oxygen atoms in total. The molecule has 0 aliphatic heterocycles. The van der Waals surface area contributed by atoms with Crippen LogP contribution >= 0.6 is 0 Å². The van der Waals surface area contributed by atoms with E-state index in [1.165, 1.54) is 25.4 Å². The largest absolute Gasteiger partial charge is 0.344 e. The molecular formula is C8H13NW2Y-4. The summed E-state index contributed by atoms with van der Waals surface area (Å²) in [5.74, 6) is 0. The maximum absolute atomic E-state index is 6.60. The maximum atomic E-state index is 6.60. The van der Waals surface area contributed by atoms with Gasteiger partial charge in [0.05, 0.1) is 0 Å². The molecule has 0 bridgehead atoms. The van der Waals surface area contributed by atoms with Crippen molar-refractivity contribution in [2.45, 2.75) is 20.3 Å². The Morgan fingerprint density at radius 3 is 1.83 bits per heavy atom. The van der Waals surface area contributed by atoms with E-state index in [2.05, 4.69) is 11.3 Å². The summed E-state index contributed by atoms with van der Waals surface area (Å²) in [5.41, 5.74) is 6.60. The van der Waals surface area contributed by atoms with Crippen molar-refractivity contribution >= 4 is 8.42 Å². The molecule has 0 amide bonds. The van der Waals surface area contributed by atoms with Crippen LogP contribution in [0.25, 0.3) is 5.73 Å². The molecule has 0 aromatic carbocycles. The monoisotopic (exact) mass is 580 g/mol. The molecule has 0 aromatic rings. The van der Waals surface area contributed by atoms with Crippen LogP contribution in [0.5, 0.6) is 0 Å². The molecular weight excluding hydrogens is 567 g/mol. The Labute approximate surface area is 124 Å². The number of hydrogen-bond acceptors (Lipinski definition) is 0. The summed E-state index contributed by atoms with van der Waals surface area (Å²) >= 11 is 2.53. The predicted octanol–water partition coefficient (Wildman–Crippen LogP) is 2.16. The zero-order chi connectivity index (χ0) is 9.70. The van der Waals surface area contributed by atoms with Crippen molar-refractivity contribution < 1.29 is 71.4 Å². The van der Waals surface area contributed by atoms with Crippen LogP contribution in [0, 0.1) is 13.5 Å². The third kappa shape index (κ3) is 92.5. The van der Waals surface area contributed by atoms with E-state index in [1.807, 2.05) is 13.8 Å². The van der Waals surface area contributed by atoms with Crippen LogP contribution in [0.2, 0.25) is 0 Å². The molecule has 1 radical (unpaired) electrons. The van der Waals surface area contributed by atoms with E-state index in [0.717, 1.165) is 25.8 Å². The average Bonchev–Trinajstić information content (AvgIpc) is 1.91. The predicted molar refractivity (Wildman–Crippen MR) is 44.5 cm³/mol. The third-order valence-corrected chi connectivity index (χ3v) is 0.640. The van der Waals surface area contributed by atoms with Gasteiger partial charge in [-0.1, -0.05) is 6.92 Å².